The van der Waals surface area contributed by atoms with Crippen molar-refractivity contribution >= 4 is 17.7 Å². The zero-order valence-electron chi connectivity index (χ0n) is 17.6. The second-order valence-corrected chi connectivity index (χ2v) is 8.70. The molecule has 0 radical (unpaired) electrons. The van der Waals surface area contributed by atoms with Crippen LogP contribution in [0.5, 0.6) is 0 Å². The van der Waals surface area contributed by atoms with Crippen LogP contribution in [0.4, 0.5) is 4.39 Å². The molecule has 2 aliphatic heterocycles. The highest BCUT2D eigenvalue weighted by molar-refractivity contribution is 8.00. The largest absolute Gasteiger partial charge is 0.478 e. The van der Waals surface area contributed by atoms with Crippen LogP contribution < -0.4 is 0 Å². The molecule has 0 bridgehead atoms. The van der Waals surface area contributed by atoms with Gasteiger partial charge in [0.1, 0.15) is 17.0 Å². The van der Waals surface area contributed by atoms with Crippen LogP contribution in [-0.4, -0.2) is 71.5 Å². The molecular weight excluding hydrogens is 407 g/mol. The predicted molar refractivity (Wildman–Crippen MR) is 115 cm³/mol. The third-order valence-corrected chi connectivity index (χ3v) is 6.44. The molecule has 0 saturated carbocycles. The lowest BCUT2D eigenvalue weighted by atomic mass is 10.0. The molecule has 2 heterocycles. The zero-order valence-corrected chi connectivity index (χ0v) is 18.5. The maximum Gasteiger partial charge on any atom is 0.334 e. The summed E-state index contributed by atoms with van der Waals surface area (Å²) in [7, 11) is 1.67. The lowest BCUT2D eigenvalue weighted by molar-refractivity contribution is -0.133. The number of thioether (sulfide) groups is 1. The van der Waals surface area contributed by atoms with Gasteiger partial charge in [-0.25, -0.2) is 9.18 Å². The maximum atomic E-state index is 13.4. The Hall–Kier alpha value is -2.03. The first kappa shape index (κ1) is 22.7. The van der Waals surface area contributed by atoms with E-state index in [1.54, 1.807) is 31.0 Å². The van der Waals surface area contributed by atoms with Gasteiger partial charge in [0, 0.05) is 20.2 Å². The lowest BCUT2D eigenvalue weighted by Gasteiger charge is -2.47. The highest BCUT2D eigenvalue weighted by Gasteiger charge is 2.37. The Bertz CT molecular complexity index is 810. The van der Waals surface area contributed by atoms with Crippen LogP contribution in [0.15, 0.2) is 47.3 Å². The summed E-state index contributed by atoms with van der Waals surface area (Å²) in [6.07, 6.45) is 1.95. The van der Waals surface area contributed by atoms with Gasteiger partial charge in [-0.15, -0.1) is 11.8 Å². The zero-order chi connectivity index (χ0) is 21.7. The molecule has 3 rings (SSSR count). The number of allylic oxidation sites excluding steroid dienone is 2. The smallest absolute Gasteiger partial charge is 0.334 e. The Kier molecular flexibility index (Phi) is 7.80. The van der Waals surface area contributed by atoms with E-state index in [9.17, 15) is 14.3 Å². The Morgan fingerprint density at radius 2 is 2.10 bits per heavy atom. The summed E-state index contributed by atoms with van der Waals surface area (Å²) in [4.78, 5) is 16.5. The number of carboxylic acid groups (broad SMARTS) is 1. The Balaban J connectivity index is 2.04. The number of morpholine rings is 1. The SMILES string of the molecule is CCSC1C(C(=O)O)=C(C)C=C(N2CCOC[C@@H]2COC)N1Cc1ccc(F)cc1. The van der Waals surface area contributed by atoms with E-state index in [1.807, 2.05) is 19.9 Å². The van der Waals surface area contributed by atoms with Gasteiger partial charge in [-0.3, -0.25) is 0 Å². The van der Waals surface area contributed by atoms with Gasteiger partial charge in [0.05, 0.1) is 31.4 Å². The summed E-state index contributed by atoms with van der Waals surface area (Å²) in [5.74, 6) is 0.529. The standard InChI is InChI=1S/C22H29FN2O4S/c1-4-30-21-20(22(26)27)15(2)11-19(24-9-10-29-14-18(24)13-28-3)25(21)12-16-5-7-17(23)8-6-16/h5-8,11,18,21H,4,9-10,12-14H2,1-3H3,(H,26,27)/t18-,21?/m0/s1. The summed E-state index contributed by atoms with van der Waals surface area (Å²) in [6, 6.07) is 6.41. The number of benzene rings is 1. The molecule has 2 atom stereocenters. The minimum atomic E-state index is -0.909. The molecule has 0 aliphatic carbocycles. The number of ether oxygens (including phenoxy) is 2. The van der Waals surface area contributed by atoms with Crippen molar-refractivity contribution in [2.24, 2.45) is 0 Å². The molecular formula is C22H29FN2O4S. The van der Waals surface area contributed by atoms with Crippen molar-refractivity contribution in [3.63, 3.8) is 0 Å². The molecule has 8 heteroatoms. The normalized spacial score (nSPS) is 22.3. The molecule has 0 amide bonds. The molecule has 1 saturated heterocycles. The van der Waals surface area contributed by atoms with Crippen LogP contribution in [0.2, 0.25) is 0 Å². The molecule has 1 fully saturated rings. The first-order valence-electron chi connectivity index (χ1n) is 10.1. The van der Waals surface area contributed by atoms with Crippen molar-refractivity contribution < 1.29 is 23.8 Å². The number of hydrogen-bond donors (Lipinski definition) is 1. The summed E-state index contributed by atoms with van der Waals surface area (Å²) < 4.78 is 24.5. The molecule has 0 spiro atoms. The molecule has 1 N–H and O–H groups in total. The van der Waals surface area contributed by atoms with E-state index < -0.39 is 5.97 Å². The van der Waals surface area contributed by atoms with E-state index in [2.05, 4.69) is 9.80 Å². The summed E-state index contributed by atoms with van der Waals surface area (Å²) in [6.45, 7) is 6.72. The lowest BCUT2D eigenvalue weighted by Crippen LogP contribution is -2.53. The van der Waals surface area contributed by atoms with Crippen LogP contribution in [-0.2, 0) is 20.8 Å². The van der Waals surface area contributed by atoms with Gasteiger partial charge >= 0.3 is 5.97 Å². The summed E-state index contributed by atoms with van der Waals surface area (Å²) >= 11 is 1.59. The fourth-order valence-corrected chi connectivity index (χ4v) is 5.05. The van der Waals surface area contributed by atoms with Crippen LogP contribution in [0.3, 0.4) is 0 Å². The van der Waals surface area contributed by atoms with Crippen molar-refractivity contribution in [1.82, 2.24) is 9.80 Å². The predicted octanol–water partition coefficient (Wildman–Crippen LogP) is 3.31. The third kappa shape index (κ3) is 4.99. The molecule has 1 unspecified atom stereocenters. The number of carboxylic acids is 1. The van der Waals surface area contributed by atoms with Crippen molar-refractivity contribution in [1.29, 1.82) is 0 Å². The minimum Gasteiger partial charge on any atom is -0.478 e. The highest BCUT2D eigenvalue weighted by atomic mass is 32.2. The van der Waals surface area contributed by atoms with Gasteiger partial charge in [-0.05, 0) is 42.0 Å². The average molecular weight is 437 g/mol. The van der Waals surface area contributed by atoms with E-state index in [4.69, 9.17) is 9.47 Å². The Labute approximate surface area is 181 Å². The van der Waals surface area contributed by atoms with Crippen molar-refractivity contribution in [2.75, 3.05) is 39.2 Å². The fourth-order valence-electron chi connectivity index (χ4n) is 3.92. The van der Waals surface area contributed by atoms with Crippen molar-refractivity contribution in [3.8, 4) is 0 Å². The average Bonchev–Trinajstić information content (AvgIpc) is 2.72. The number of carbonyl (C=O) groups is 1. The monoisotopic (exact) mass is 436 g/mol. The van der Waals surface area contributed by atoms with Crippen LogP contribution in [0, 0.1) is 5.82 Å². The van der Waals surface area contributed by atoms with Crippen molar-refractivity contribution in [3.05, 3.63) is 58.7 Å². The van der Waals surface area contributed by atoms with E-state index in [0.717, 1.165) is 22.7 Å². The number of hydrogen-bond acceptors (Lipinski definition) is 6. The number of rotatable bonds is 8. The molecule has 2 aliphatic rings. The first-order chi connectivity index (χ1) is 14.5. The number of aliphatic carboxylic acids is 1. The molecule has 30 heavy (non-hydrogen) atoms. The second kappa shape index (κ2) is 10.3. The third-order valence-electron chi connectivity index (χ3n) is 5.30. The minimum absolute atomic E-state index is 0.0390. The number of nitrogens with zero attached hydrogens (tertiary/aromatic N) is 2. The molecule has 0 aromatic heterocycles. The Morgan fingerprint density at radius 1 is 1.37 bits per heavy atom. The van der Waals surface area contributed by atoms with Crippen LogP contribution in [0.1, 0.15) is 19.4 Å². The van der Waals surface area contributed by atoms with E-state index in [1.165, 1.54) is 12.1 Å². The van der Waals surface area contributed by atoms with E-state index in [0.29, 0.717) is 38.5 Å². The molecule has 164 valence electrons. The maximum absolute atomic E-state index is 13.4. The highest BCUT2D eigenvalue weighted by Crippen LogP contribution is 2.37. The van der Waals surface area contributed by atoms with Gasteiger partial charge in [0.2, 0.25) is 0 Å². The van der Waals surface area contributed by atoms with E-state index >= 15 is 0 Å². The molecule has 6 nitrogen and oxygen atoms in total. The molecule has 1 aromatic rings. The number of methoxy groups -OCH3 is 1. The summed E-state index contributed by atoms with van der Waals surface area (Å²) in [5.41, 5.74) is 2.07. The number of halogens is 1. The quantitative estimate of drug-likeness (QED) is 0.671. The van der Waals surface area contributed by atoms with Crippen LogP contribution >= 0.6 is 11.8 Å². The second-order valence-electron chi connectivity index (χ2n) is 7.34. The van der Waals surface area contributed by atoms with Crippen molar-refractivity contribution in [2.45, 2.75) is 31.8 Å². The fraction of sp³-hybridized carbons (Fsp3) is 0.500. The van der Waals surface area contributed by atoms with Gasteiger partial charge in [-0.1, -0.05) is 19.1 Å². The topological polar surface area (TPSA) is 62.2 Å². The summed E-state index contributed by atoms with van der Waals surface area (Å²) in [5, 5.41) is 9.58. The Morgan fingerprint density at radius 3 is 2.73 bits per heavy atom. The van der Waals surface area contributed by atoms with Gasteiger partial charge in [0.25, 0.3) is 0 Å². The van der Waals surface area contributed by atoms with Gasteiger partial charge in [0.15, 0.2) is 0 Å². The van der Waals surface area contributed by atoms with E-state index in [-0.39, 0.29) is 17.2 Å². The van der Waals surface area contributed by atoms with Crippen LogP contribution in [0.25, 0.3) is 0 Å². The van der Waals surface area contributed by atoms with Gasteiger partial charge < -0.3 is 24.4 Å². The molecule has 1 aromatic carbocycles. The van der Waals surface area contributed by atoms with Gasteiger partial charge in [-0.2, -0.15) is 0 Å². The first-order valence-corrected chi connectivity index (χ1v) is 11.1.